The van der Waals surface area contributed by atoms with Gasteiger partial charge in [0.1, 0.15) is 0 Å². The third-order valence-electron chi connectivity index (χ3n) is 10.9. The molecule has 0 fully saturated rings. The third-order valence-corrected chi connectivity index (χ3v) is 10.9. The predicted octanol–water partition coefficient (Wildman–Crippen LogP) is 14.7. The smallest absolute Gasteiger partial charge is 0.0532 e. The summed E-state index contributed by atoms with van der Waals surface area (Å²) in [5, 5.41) is 2.65. The van der Waals surface area contributed by atoms with Crippen LogP contribution in [0.2, 0.25) is 0 Å². The van der Waals surface area contributed by atoms with Gasteiger partial charge in [-0.25, -0.2) is 0 Å². The van der Waals surface area contributed by atoms with Gasteiger partial charge in [-0.05, 0) is 107 Å². The van der Waals surface area contributed by atoms with Gasteiger partial charge in [0.25, 0.3) is 0 Å². The molecule has 0 bridgehead atoms. The Labute approximate surface area is 315 Å². The van der Waals surface area contributed by atoms with Gasteiger partial charge in [0.05, 0.1) is 5.52 Å². The fourth-order valence-electron chi connectivity index (χ4n) is 7.50. The van der Waals surface area contributed by atoms with Gasteiger partial charge in [-0.2, -0.15) is 0 Å². The highest BCUT2D eigenvalue weighted by Gasteiger charge is 2.25. The molecule has 0 N–H and O–H groups in total. The van der Waals surface area contributed by atoms with Gasteiger partial charge >= 0.3 is 0 Å². The summed E-state index contributed by atoms with van der Waals surface area (Å²) >= 11 is 0. The SMILES string of the molecule is CC(C)(C)c1cc(-c2cc(Cn3c4ccccc4c4cccc(C(C)(C)C)c43)cc(-c3cc(C(C)(C)C)cc(C(C)(C)C)c3)c2)cc(C(C)(C)C)c1. The van der Waals surface area contributed by atoms with Crippen molar-refractivity contribution in [3.63, 3.8) is 0 Å². The molecule has 272 valence electrons. The number of para-hydroxylation sites is 2. The molecule has 5 aromatic carbocycles. The zero-order valence-electron chi connectivity index (χ0n) is 34.9. The molecule has 1 heterocycles. The highest BCUT2D eigenvalue weighted by molar-refractivity contribution is 6.09. The average molecular weight is 690 g/mol. The molecular weight excluding hydrogens is 627 g/mol. The summed E-state index contributed by atoms with van der Waals surface area (Å²) in [6, 6.07) is 37.9. The van der Waals surface area contributed by atoms with E-state index in [-0.39, 0.29) is 27.1 Å². The number of fused-ring (bicyclic) bond motifs is 3. The second kappa shape index (κ2) is 12.8. The lowest BCUT2D eigenvalue weighted by Crippen LogP contribution is -2.16. The van der Waals surface area contributed by atoms with Gasteiger partial charge < -0.3 is 4.57 Å². The van der Waals surface area contributed by atoms with Crippen LogP contribution in [-0.4, -0.2) is 4.57 Å². The minimum atomic E-state index is 0.00610. The Morgan fingerprint density at radius 3 is 1.21 bits per heavy atom. The first-order valence-electron chi connectivity index (χ1n) is 19.4. The van der Waals surface area contributed by atoms with Gasteiger partial charge in [-0.15, -0.1) is 0 Å². The number of benzene rings is 5. The Balaban J connectivity index is 1.68. The summed E-state index contributed by atoms with van der Waals surface area (Å²) in [5.74, 6) is 0. The van der Waals surface area contributed by atoms with E-state index in [1.54, 1.807) is 0 Å². The van der Waals surface area contributed by atoms with Gasteiger partial charge in [-0.3, -0.25) is 0 Å². The number of nitrogens with zero attached hydrogens (tertiary/aromatic N) is 1. The molecule has 1 heteroatoms. The molecule has 0 aliphatic rings. The van der Waals surface area contributed by atoms with Crippen molar-refractivity contribution in [2.45, 2.75) is 137 Å². The van der Waals surface area contributed by atoms with Crippen LogP contribution in [0.4, 0.5) is 0 Å². The van der Waals surface area contributed by atoms with Crippen LogP contribution >= 0.6 is 0 Å². The lowest BCUT2D eigenvalue weighted by molar-refractivity contribution is 0.568. The first kappa shape index (κ1) is 37.7. The molecular formula is C51H63N. The molecule has 52 heavy (non-hydrogen) atoms. The first-order chi connectivity index (χ1) is 23.9. The summed E-state index contributed by atoms with van der Waals surface area (Å²) in [4.78, 5) is 0. The highest BCUT2D eigenvalue weighted by Crippen LogP contribution is 2.41. The Morgan fingerprint density at radius 1 is 0.385 bits per heavy atom. The predicted molar refractivity (Wildman–Crippen MR) is 229 cm³/mol. The van der Waals surface area contributed by atoms with Crippen LogP contribution in [0, 0.1) is 0 Å². The molecule has 0 amide bonds. The van der Waals surface area contributed by atoms with Crippen LogP contribution in [-0.2, 0) is 33.6 Å². The Kier molecular flexibility index (Phi) is 9.26. The summed E-state index contributed by atoms with van der Waals surface area (Å²) in [7, 11) is 0. The lowest BCUT2D eigenvalue weighted by Gasteiger charge is -2.27. The fourth-order valence-corrected chi connectivity index (χ4v) is 7.50. The van der Waals surface area contributed by atoms with Crippen LogP contribution in [0.5, 0.6) is 0 Å². The van der Waals surface area contributed by atoms with Crippen molar-refractivity contribution in [3.8, 4) is 22.3 Å². The molecule has 0 aliphatic heterocycles. The van der Waals surface area contributed by atoms with Crippen molar-refractivity contribution < 1.29 is 0 Å². The Hall–Kier alpha value is -4.10. The molecule has 0 saturated carbocycles. The maximum Gasteiger partial charge on any atom is 0.0532 e. The standard InChI is InChI=1S/C51H63N/c1-47(2,3)38-26-36(27-39(30-38)48(4,5)6)34-23-33(24-35(25-34)37-28-40(49(7,8)9)31-41(29-37)50(10,11)12)32-52-45-22-17-16-19-42(45)43-20-18-21-44(46(43)52)51(13,14)15/h16-31H,32H2,1-15H3. The van der Waals surface area contributed by atoms with E-state index in [0.717, 1.165) is 6.54 Å². The average Bonchev–Trinajstić information content (AvgIpc) is 3.35. The van der Waals surface area contributed by atoms with Crippen molar-refractivity contribution in [3.05, 3.63) is 130 Å². The van der Waals surface area contributed by atoms with Crippen LogP contribution in [0.1, 0.15) is 137 Å². The second-order valence-electron chi connectivity index (χ2n) is 20.6. The quantitative estimate of drug-likeness (QED) is 0.174. The van der Waals surface area contributed by atoms with E-state index < -0.39 is 0 Å². The van der Waals surface area contributed by atoms with Crippen molar-refractivity contribution >= 4 is 21.8 Å². The van der Waals surface area contributed by atoms with Crippen LogP contribution in [0.15, 0.2) is 97.1 Å². The highest BCUT2D eigenvalue weighted by atomic mass is 15.0. The topological polar surface area (TPSA) is 4.93 Å². The van der Waals surface area contributed by atoms with E-state index in [0.29, 0.717) is 0 Å². The van der Waals surface area contributed by atoms with Gasteiger partial charge in [0.2, 0.25) is 0 Å². The number of hydrogen-bond donors (Lipinski definition) is 0. The molecule has 1 nitrogen and oxygen atoms in total. The molecule has 0 atom stereocenters. The van der Waals surface area contributed by atoms with E-state index in [1.165, 1.54) is 77.4 Å². The first-order valence-corrected chi connectivity index (χ1v) is 19.4. The monoisotopic (exact) mass is 689 g/mol. The van der Waals surface area contributed by atoms with E-state index in [2.05, 4.69) is 205 Å². The number of rotatable bonds is 4. The molecule has 1 aromatic heterocycles. The maximum atomic E-state index is 2.59. The van der Waals surface area contributed by atoms with E-state index >= 15 is 0 Å². The zero-order valence-corrected chi connectivity index (χ0v) is 34.9. The summed E-state index contributed by atoms with van der Waals surface area (Å²) in [6.45, 7) is 35.8. The van der Waals surface area contributed by atoms with Crippen molar-refractivity contribution in [1.29, 1.82) is 0 Å². The number of aromatic nitrogens is 1. The molecule has 0 unspecified atom stereocenters. The summed E-state index contributed by atoms with van der Waals surface area (Å²) in [5.41, 5.74) is 16.1. The minimum absolute atomic E-state index is 0.00610. The van der Waals surface area contributed by atoms with Gasteiger partial charge in [0.15, 0.2) is 0 Å². The molecule has 0 aliphatic carbocycles. The molecule has 0 radical (unpaired) electrons. The van der Waals surface area contributed by atoms with Gasteiger partial charge in [-0.1, -0.05) is 177 Å². The zero-order chi connectivity index (χ0) is 38.2. The van der Waals surface area contributed by atoms with E-state index in [4.69, 9.17) is 0 Å². The van der Waals surface area contributed by atoms with E-state index in [9.17, 15) is 0 Å². The molecule has 0 spiro atoms. The maximum absolute atomic E-state index is 2.59. The largest absolute Gasteiger partial charge is 0.336 e. The summed E-state index contributed by atoms with van der Waals surface area (Å²) in [6.07, 6.45) is 0. The summed E-state index contributed by atoms with van der Waals surface area (Å²) < 4.78 is 2.59. The van der Waals surface area contributed by atoms with Crippen molar-refractivity contribution in [1.82, 2.24) is 4.57 Å². The Bertz CT molecular complexity index is 2110. The van der Waals surface area contributed by atoms with Crippen LogP contribution in [0.3, 0.4) is 0 Å². The normalized spacial score (nSPS) is 13.4. The molecule has 0 saturated heterocycles. The molecule has 6 rings (SSSR count). The second-order valence-corrected chi connectivity index (χ2v) is 20.6. The van der Waals surface area contributed by atoms with Gasteiger partial charge in [0, 0.05) is 22.8 Å². The minimum Gasteiger partial charge on any atom is -0.336 e. The van der Waals surface area contributed by atoms with Crippen molar-refractivity contribution in [2.24, 2.45) is 0 Å². The fraction of sp³-hybridized carbons (Fsp3) is 0.412. The van der Waals surface area contributed by atoms with Crippen LogP contribution < -0.4 is 0 Å². The molecule has 6 aromatic rings. The Morgan fingerprint density at radius 2 is 0.788 bits per heavy atom. The van der Waals surface area contributed by atoms with Crippen LogP contribution in [0.25, 0.3) is 44.1 Å². The number of hydrogen-bond acceptors (Lipinski definition) is 0. The van der Waals surface area contributed by atoms with E-state index in [1.807, 2.05) is 0 Å². The van der Waals surface area contributed by atoms with Crippen molar-refractivity contribution in [2.75, 3.05) is 0 Å². The third kappa shape index (κ3) is 7.52. The lowest BCUT2D eigenvalue weighted by atomic mass is 9.78.